The standard InChI is InChI=1S/C15H9FN2O/c16-13-9-17-8-6-11(13)15(19)12-5-1-3-10-4-2-7-18-14(10)12/h1-9H. The molecule has 0 atom stereocenters. The predicted octanol–water partition coefficient (Wildman–Crippen LogP) is 3.00. The van der Waals surface area contributed by atoms with Crippen LogP contribution in [0.25, 0.3) is 10.9 Å². The molecule has 0 aliphatic rings. The van der Waals surface area contributed by atoms with Gasteiger partial charge in [0.05, 0.1) is 17.3 Å². The summed E-state index contributed by atoms with van der Waals surface area (Å²) in [6.07, 6.45) is 4.04. The van der Waals surface area contributed by atoms with Crippen molar-refractivity contribution in [2.75, 3.05) is 0 Å². The highest BCUT2D eigenvalue weighted by Crippen LogP contribution is 2.20. The summed E-state index contributed by atoms with van der Waals surface area (Å²) in [4.78, 5) is 20.2. The lowest BCUT2D eigenvalue weighted by atomic mass is 10.0. The maximum atomic E-state index is 13.6. The Morgan fingerprint density at radius 2 is 1.84 bits per heavy atom. The van der Waals surface area contributed by atoms with Gasteiger partial charge in [0.25, 0.3) is 0 Å². The van der Waals surface area contributed by atoms with Crippen LogP contribution in [0.2, 0.25) is 0 Å². The molecule has 0 fully saturated rings. The van der Waals surface area contributed by atoms with Crippen molar-refractivity contribution in [1.82, 2.24) is 9.97 Å². The van der Waals surface area contributed by atoms with Crippen molar-refractivity contribution in [3.8, 4) is 0 Å². The molecule has 0 unspecified atom stereocenters. The fourth-order valence-electron chi connectivity index (χ4n) is 1.99. The maximum Gasteiger partial charge on any atom is 0.198 e. The third-order valence-corrected chi connectivity index (χ3v) is 2.89. The monoisotopic (exact) mass is 252 g/mol. The van der Waals surface area contributed by atoms with Crippen LogP contribution < -0.4 is 0 Å². The molecule has 0 aliphatic heterocycles. The van der Waals surface area contributed by atoms with Crippen molar-refractivity contribution < 1.29 is 9.18 Å². The second-order valence-corrected chi connectivity index (χ2v) is 4.07. The van der Waals surface area contributed by atoms with Crippen molar-refractivity contribution >= 4 is 16.7 Å². The lowest BCUT2D eigenvalue weighted by Gasteiger charge is -2.05. The van der Waals surface area contributed by atoms with Crippen molar-refractivity contribution in [1.29, 1.82) is 0 Å². The number of pyridine rings is 2. The minimum Gasteiger partial charge on any atom is -0.288 e. The average molecular weight is 252 g/mol. The van der Waals surface area contributed by atoms with Gasteiger partial charge < -0.3 is 0 Å². The zero-order valence-corrected chi connectivity index (χ0v) is 9.88. The molecule has 0 amide bonds. The molecule has 0 saturated heterocycles. The molecule has 0 N–H and O–H groups in total. The molecule has 0 saturated carbocycles. The van der Waals surface area contributed by atoms with Gasteiger partial charge in [0.15, 0.2) is 11.6 Å². The largest absolute Gasteiger partial charge is 0.288 e. The highest BCUT2D eigenvalue weighted by Gasteiger charge is 2.16. The van der Waals surface area contributed by atoms with E-state index in [1.807, 2.05) is 12.1 Å². The van der Waals surface area contributed by atoms with Crippen molar-refractivity contribution in [2.45, 2.75) is 0 Å². The Labute approximate surface area is 108 Å². The summed E-state index contributed by atoms with van der Waals surface area (Å²) >= 11 is 0. The van der Waals surface area contributed by atoms with E-state index in [-0.39, 0.29) is 11.3 Å². The first-order valence-corrected chi connectivity index (χ1v) is 5.75. The van der Waals surface area contributed by atoms with E-state index >= 15 is 0 Å². The third-order valence-electron chi connectivity index (χ3n) is 2.89. The highest BCUT2D eigenvalue weighted by atomic mass is 19.1. The summed E-state index contributed by atoms with van der Waals surface area (Å²) < 4.78 is 13.6. The number of halogens is 1. The minimum absolute atomic E-state index is 0.00755. The normalized spacial score (nSPS) is 10.6. The van der Waals surface area contributed by atoms with Crippen LogP contribution in [0.1, 0.15) is 15.9 Å². The van der Waals surface area contributed by atoms with Crippen molar-refractivity contribution in [3.63, 3.8) is 0 Å². The fourth-order valence-corrected chi connectivity index (χ4v) is 1.99. The van der Waals surface area contributed by atoms with E-state index < -0.39 is 5.82 Å². The quantitative estimate of drug-likeness (QED) is 0.658. The van der Waals surface area contributed by atoms with Gasteiger partial charge in [-0.1, -0.05) is 18.2 Å². The molecule has 3 rings (SSSR count). The molecular weight excluding hydrogens is 243 g/mol. The number of fused-ring (bicyclic) bond motifs is 1. The number of hydrogen-bond donors (Lipinski definition) is 0. The number of aromatic nitrogens is 2. The highest BCUT2D eigenvalue weighted by molar-refractivity contribution is 6.15. The lowest BCUT2D eigenvalue weighted by Crippen LogP contribution is -2.05. The van der Waals surface area contributed by atoms with Gasteiger partial charge in [-0.2, -0.15) is 0 Å². The van der Waals surface area contributed by atoms with Crippen LogP contribution >= 0.6 is 0 Å². The van der Waals surface area contributed by atoms with Crippen LogP contribution in [-0.2, 0) is 0 Å². The summed E-state index contributed by atoms with van der Waals surface area (Å²) in [5, 5.41) is 0.850. The first-order valence-electron chi connectivity index (χ1n) is 5.75. The first-order chi connectivity index (χ1) is 9.27. The molecule has 0 spiro atoms. The van der Waals surface area contributed by atoms with E-state index in [1.165, 1.54) is 12.3 Å². The summed E-state index contributed by atoms with van der Waals surface area (Å²) in [6.45, 7) is 0. The number of carbonyl (C=O) groups excluding carboxylic acids is 1. The van der Waals surface area contributed by atoms with Gasteiger partial charge in [0, 0.05) is 23.3 Å². The average Bonchev–Trinajstić information content (AvgIpc) is 2.46. The minimum atomic E-state index is -0.625. The number of hydrogen-bond acceptors (Lipinski definition) is 3. The van der Waals surface area contributed by atoms with Gasteiger partial charge in [-0.3, -0.25) is 14.8 Å². The predicted molar refractivity (Wildman–Crippen MR) is 69.4 cm³/mol. The van der Waals surface area contributed by atoms with Gasteiger partial charge in [-0.05, 0) is 18.2 Å². The van der Waals surface area contributed by atoms with Gasteiger partial charge in [0.1, 0.15) is 0 Å². The zero-order valence-electron chi connectivity index (χ0n) is 9.88. The van der Waals surface area contributed by atoms with E-state index in [0.29, 0.717) is 11.1 Å². The second kappa shape index (κ2) is 4.57. The summed E-state index contributed by atoms with van der Waals surface area (Å²) in [5.41, 5.74) is 0.975. The number of para-hydroxylation sites is 1. The Morgan fingerprint density at radius 1 is 1.00 bits per heavy atom. The first kappa shape index (κ1) is 11.5. The Balaban J connectivity index is 2.20. The SMILES string of the molecule is O=C(c1ccncc1F)c1cccc2cccnc12. The van der Waals surface area contributed by atoms with Gasteiger partial charge in [-0.25, -0.2) is 4.39 Å². The lowest BCUT2D eigenvalue weighted by molar-refractivity contribution is 0.103. The Bertz CT molecular complexity index is 765. The maximum absolute atomic E-state index is 13.6. The zero-order chi connectivity index (χ0) is 13.2. The number of rotatable bonds is 2. The number of benzene rings is 1. The second-order valence-electron chi connectivity index (χ2n) is 4.07. The Morgan fingerprint density at radius 3 is 2.68 bits per heavy atom. The summed E-state index contributed by atoms with van der Waals surface area (Å²) in [7, 11) is 0. The van der Waals surface area contributed by atoms with Crippen LogP contribution in [-0.4, -0.2) is 15.8 Å². The van der Waals surface area contributed by atoms with Crippen molar-refractivity contribution in [2.24, 2.45) is 0 Å². The number of ketones is 1. The summed E-state index contributed by atoms with van der Waals surface area (Å²) in [5.74, 6) is -1.01. The third kappa shape index (κ3) is 1.97. The van der Waals surface area contributed by atoms with E-state index in [4.69, 9.17) is 0 Å². The molecule has 1 aromatic carbocycles. The van der Waals surface area contributed by atoms with E-state index in [9.17, 15) is 9.18 Å². The molecule has 4 heteroatoms. The molecule has 0 bridgehead atoms. The Kier molecular flexibility index (Phi) is 2.76. The molecular formula is C15H9FN2O. The molecule has 92 valence electrons. The smallest absolute Gasteiger partial charge is 0.198 e. The van der Waals surface area contributed by atoms with Gasteiger partial charge in [-0.15, -0.1) is 0 Å². The van der Waals surface area contributed by atoms with Crippen LogP contribution in [0.4, 0.5) is 4.39 Å². The number of nitrogens with zero attached hydrogens (tertiary/aromatic N) is 2. The van der Waals surface area contributed by atoms with E-state index in [0.717, 1.165) is 11.6 Å². The fraction of sp³-hybridized carbons (Fsp3) is 0. The van der Waals surface area contributed by atoms with Crippen LogP contribution in [0.5, 0.6) is 0 Å². The van der Waals surface area contributed by atoms with Gasteiger partial charge >= 0.3 is 0 Å². The Hall–Kier alpha value is -2.62. The molecule has 3 nitrogen and oxygen atoms in total. The van der Waals surface area contributed by atoms with Crippen LogP contribution in [0.3, 0.4) is 0 Å². The molecule has 19 heavy (non-hydrogen) atoms. The topological polar surface area (TPSA) is 42.9 Å². The molecule has 0 aliphatic carbocycles. The number of carbonyl (C=O) groups is 1. The molecule has 2 heterocycles. The molecule has 0 radical (unpaired) electrons. The summed E-state index contributed by atoms with van der Waals surface area (Å²) in [6, 6.07) is 10.3. The van der Waals surface area contributed by atoms with Crippen LogP contribution in [0, 0.1) is 5.82 Å². The molecule has 3 aromatic rings. The van der Waals surface area contributed by atoms with Crippen molar-refractivity contribution in [3.05, 3.63) is 71.9 Å². The van der Waals surface area contributed by atoms with E-state index in [1.54, 1.807) is 24.4 Å². The van der Waals surface area contributed by atoms with E-state index in [2.05, 4.69) is 9.97 Å². The van der Waals surface area contributed by atoms with Crippen LogP contribution in [0.15, 0.2) is 55.0 Å². The molecule has 2 aromatic heterocycles. The van der Waals surface area contributed by atoms with Gasteiger partial charge in [0.2, 0.25) is 0 Å².